The monoisotopic (exact) mass is 439 g/mol. The Morgan fingerprint density at radius 3 is 2.76 bits per heavy atom. The van der Waals surface area contributed by atoms with Crippen molar-refractivity contribution in [3.05, 3.63) is 0 Å². The summed E-state index contributed by atoms with van der Waals surface area (Å²) in [6, 6.07) is -0.723. The van der Waals surface area contributed by atoms with Crippen molar-refractivity contribution in [1.82, 2.24) is 15.5 Å². The molecule has 1 aliphatic rings. The van der Waals surface area contributed by atoms with E-state index >= 15 is 0 Å². The minimum Gasteiger partial charge on any atom is -0.480 e. The molecule has 3 unspecified atom stereocenters. The molecule has 0 spiro atoms. The van der Waals surface area contributed by atoms with E-state index in [1.54, 1.807) is 11.8 Å². The Bertz CT molecular complexity index is 580. The third-order valence-corrected chi connectivity index (χ3v) is 6.97. The third-order valence-electron chi connectivity index (χ3n) is 3.05. The Morgan fingerprint density at radius 2 is 2.16 bits per heavy atom. The molecule has 0 amide bonds. The second-order valence-corrected chi connectivity index (χ2v) is 10.3. The summed E-state index contributed by atoms with van der Waals surface area (Å²) in [7, 11) is -7.04. The van der Waals surface area contributed by atoms with Gasteiger partial charge < -0.3 is 9.63 Å². The van der Waals surface area contributed by atoms with Crippen LogP contribution in [0.5, 0.6) is 0 Å². The number of carboxylic acid groups (broad SMARTS) is 1. The molecule has 3 atom stereocenters. The maximum atomic E-state index is 12.5. The topological polar surface area (TPSA) is 143 Å². The van der Waals surface area contributed by atoms with E-state index in [4.69, 9.17) is 21.2 Å². The smallest absolute Gasteiger partial charge is 0.341 e. The predicted octanol–water partition coefficient (Wildman–Crippen LogP) is 0.359. The van der Waals surface area contributed by atoms with Gasteiger partial charge in [-0.3, -0.25) is 18.9 Å². The average molecular weight is 440 g/mol. The van der Waals surface area contributed by atoms with E-state index in [9.17, 15) is 17.8 Å². The van der Waals surface area contributed by atoms with E-state index in [-0.39, 0.29) is 31.1 Å². The molecule has 0 aromatic heterocycles. The van der Waals surface area contributed by atoms with Crippen LogP contribution in [0.2, 0.25) is 0 Å². The fourth-order valence-corrected chi connectivity index (χ4v) is 5.18. The number of aliphatic carboxylic acids is 1. The molecule has 1 aliphatic heterocycles. The quantitative estimate of drug-likeness (QED) is 0.110. The van der Waals surface area contributed by atoms with Crippen LogP contribution in [0.1, 0.15) is 12.8 Å². The number of carbonyl (C=O) groups is 1. The van der Waals surface area contributed by atoms with E-state index in [0.29, 0.717) is 18.6 Å². The van der Waals surface area contributed by atoms with Crippen LogP contribution in [0.4, 0.5) is 0 Å². The number of halogens is 1. The summed E-state index contributed by atoms with van der Waals surface area (Å²) in [6.07, 6.45) is 1.91. The van der Waals surface area contributed by atoms with Gasteiger partial charge in [0.1, 0.15) is 6.04 Å². The van der Waals surface area contributed by atoms with Gasteiger partial charge in [0.2, 0.25) is 0 Å². The lowest BCUT2D eigenvalue weighted by atomic mass is 10.2. The van der Waals surface area contributed by atoms with Gasteiger partial charge in [0.25, 0.3) is 10.1 Å². The summed E-state index contributed by atoms with van der Waals surface area (Å²) in [5.74, 6) is -0.180. The number of rotatable bonds is 12. The standard InChI is InChI=1S/C11H23ClN3O7PS2/c1-25(19,20)22-6-4-13-23(18,14-8-12)21-5-2-10-15-9(11(16)17)3-7-24-10/h9-10,15H,2-8H2,1H3,(H,16,17)(H2,13,14,18). The molecule has 0 aromatic carbocycles. The summed E-state index contributed by atoms with van der Waals surface area (Å²) in [5, 5.41) is 16.9. The summed E-state index contributed by atoms with van der Waals surface area (Å²) >= 11 is 7.12. The molecular formula is C11H23ClN3O7PS2. The number of hydrogen-bond acceptors (Lipinski definition) is 8. The van der Waals surface area contributed by atoms with Gasteiger partial charge in [-0.25, -0.2) is 10.2 Å². The first-order chi connectivity index (χ1) is 11.7. The molecule has 1 heterocycles. The normalized spacial score (nSPS) is 23.9. The first-order valence-corrected chi connectivity index (χ1v) is 12.4. The van der Waals surface area contributed by atoms with Crippen LogP contribution in [0.3, 0.4) is 0 Å². The zero-order valence-electron chi connectivity index (χ0n) is 13.6. The number of hydrogen-bond donors (Lipinski definition) is 4. The number of carboxylic acids is 1. The van der Waals surface area contributed by atoms with Crippen molar-refractivity contribution >= 4 is 47.1 Å². The highest BCUT2D eigenvalue weighted by atomic mass is 35.5. The molecular weight excluding hydrogens is 417 g/mol. The minimum absolute atomic E-state index is 0.0221. The van der Waals surface area contributed by atoms with Crippen LogP contribution in [0.15, 0.2) is 0 Å². The average Bonchev–Trinajstić information content (AvgIpc) is 2.51. The lowest BCUT2D eigenvalue weighted by Crippen LogP contribution is -2.46. The second-order valence-electron chi connectivity index (χ2n) is 5.10. The van der Waals surface area contributed by atoms with Gasteiger partial charge >= 0.3 is 13.6 Å². The van der Waals surface area contributed by atoms with Gasteiger partial charge in [0, 0.05) is 6.54 Å². The van der Waals surface area contributed by atoms with Crippen LogP contribution in [-0.4, -0.2) is 68.7 Å². The van der Waals surface area contributed by atoms with Crippen molar-refractivity contribution in [3.8, 4) is 0 Å². The Balaban J connectivity index is 2.38. The molecule has 4 N–H and O–H groups in total. The third kappa shape index (κ3) is 10.1. The van der Waals surface area contributed by atoms with Gasteiger partial charge in [0.05, 0.1) is 30.8 Å². The van der Waals surface area contributed by atoms with Crippen molar-refractivity contribution in [1.29, 1.82) is 0 Å². The van der Waals surface area contributed by atoms with Crippen molar-refractivity contribution in [2.45, 2.75) is 24.3 Å². The van der Waals surface area contributed by atoms with Crippen LogP contribution < -0.4 is 15.5 Å². The first-order valence-electron chi connectivity index (χ1n) is 7.41. The number of nitrogens with one attached hydrogen (secondary N) is 3. The summed E-state index contributed by atoms with van der Waals surface area (Å²) < 4.78 is 44.1. The van der Waals surface area contributed by atoms with Gasteiger partial charge in [-0.1, -0.05) is 0 Å². The molecule has 1 rings (SSSR count). The lowest BCUT2D eigenvalue weighted by Gasteiger charge is -2.28. The lowest BCUT2D eigenvalue weighted by molar-refractivity contribution is -0.139. The summed E-state index contributed by atoms with van der Waals surface area (Å²) in [6.45, 7) is -0.125. The van der Waals surface area contributed by atoms with Gasteiger partial charge in [-0.2, -0.15) is 8.42 Å². The zero-order chi connectivity index (χ0) is 18.9. The Morgan fingerprint density at radius 1 is 1.44 bits per heavy atom. The number of alkyl halides is 1. The van der Waals surface area contributed by atoms with E-state index in [0.717, 1.165) is 6.26 Å². The van der Waals surface area contributed by atoms with Crippen LogP contribution in [0.25, 0.3) is 0 Å². The Labute approximate surface area is 156 Å². The largest absolute Gasteiger partial charge is 0.480 e. The van der Waals surface area contributed by atoms with Crippen LogP contribution in [-0.2, 0) is 28.2 Å². The van der Waals surface area contributed by atoms with E-state index < -0.39 is 29.8 Å². The molecule has 1 fully saturated rings. The predicted molar refractivity (Wildman–Crippen MR) is 96.3 cm³/mol. The van der Waals surface area contributed by atoms with Gasteiger partial charge in [-0.05, 0) is 18.6 Å². The highest BCUT2D eigenvalue weighted by Gasteiger charge is 2.27. The molecule has 14 heteroatoms. The molecule has 0 aromatic rings. The maximum Gasteiger partial charge on any atom is 0.341 e. The Hall–Kier alpha value is 0.0900. The second kappa shape index (κ2) is 11.1. The van der Waals surface area contributed by atoms with Crippen LogP contribution >= 0.6 is 31.0 Å². The molecule has 0 aliphatic carbocycles. The van der Waals surface area contributed by atoms with Gasteiger partial charge in [0.15, 0.2) is 0 Å². The fourth-order valence-electron chi connectivity index (χ4n) is 1.95. The molecule has 10 nitrogen and oxygen atoms in total. The van der Waals surface area contributed by atoms with Crippen molar-refractivity contribution in [2.24, 2.45) is 0 Å². The maximum absolute atomic E-state index is 12.5. The zero-order valence-corrected chi connectivity index (χ0v) is 16.9. The molecule has 0 radical (unpaired) electrons. The molecule has 0 bridgehead atoms. The highest BCUT2D eigenvalue weighted by molar-refractivity contribution is 7.99. The molecule has 1 saturated heterocycles. The van der Waals surface area contributed by atoms with Crippen molar-refractivity contribution in [2.75, 3.05) is 37.8 Å². The highest BCUT2D eigenvalue weighted by Crippen LogP contribution is 2.37. The van der Waals surface area contributed by atoms with Crippen molar-refractivity contribution in [3.63, 3.8) is 0 Å². The Kier molecular flexibility index (Phi) is 10.2. The van der Waals surface area contributed by atoms with E-state index in [1.807, 2.05) is 0 Å². The summed E-state index contributed by atoms with van der Waals surface area (Å²) in [4.78, 5) is 11.0. The van der Waals surface area contributed by atoms with E-state index in [1.165, 1.54) is 0 Å². The summed E-state index contributed by atoms with van der Waals surface area (Å²) in [5.41, 5.74) is 0. The van der Waals surface area contributed by atoms with Gasteiger partial charge in [-0.15, -0.1) is 23.4 Å². The van der Waals surface area contributed by atoms with E-state index in [2.05, 4.69) is 19.7 Å². The fraction of sp³-hybridized carbons (Fsp3) is 0.909. The molecule has 0 saturated carbocycles. The van der Waals surface area contributed by atoms with Crippen molar-refractivity contribution < 1.29 is 31.6 Å². The molecule has 148 valence electrons. The SMILES string of the molecule is CS(=O)(=O)OCCNP(=O)(NCCl)OCCC1NC(C(=O)O)CCS1. The number of thioether (sulfide) groups is 1. The van der Waals surface area contributed by atoms with Crippen LogP contribution in [0, 0.1) is 0 Å². The first kappa shape index (κ1) is 23.1. The minimum atomic E-state index is -3.57. The molecule has 25 heavy (non-hydrogen) atoms.